The molecule has 0 amide bonds. The molecule has 1 aliphatic rings. The average Bonchev–Trinajstić information content (AvgIpc) is 2.53. The molecule has 1 saturated heterocycles. The van der Waals surface area contributed by atoms with Gasteiger partial charge in [0.15, 0.2) is 0 Å². The molecule has 1 nitrogen and oxygen atoms in total. The average molecular weight is 277 g/mol. The van der Waals surface area contributed by atoms with Gasteiger partial charge in [-0.25, -0.2) is 0 Å². The monoisotopic (exact) mass is 277 g/mol. The van der Waals surface area contributed by atoms with Gasteiger partial charge in [-0.2, -0.15) is 0 Å². The van der Waals surface area contributed by atoms with Crippen molar-refractivity contribution in [2.45, 2.75) is 4.82 Å². The minimum atomic E-state index is 0.420. The predicted molar refractivity (Wildman–Crippen MR) is 60.5 cm³/mol. The van der Waals surface area contributed by atoms with Crippen LogP contribution in [0.3, 0.4) is 0 Å². The molecule has 1 atom stereocenters. The Bertz CT molecular complexity index is 325. The summed E-state index contributed by atoms with van der Waals surface area (Å²) in [4.78, 5) is 0.595. The van der Waals surface area contributed by atoms with Gasteiger partial charge in [-0.1, -0.05) is 0 Å². The zero-order chi connectivity index (χ0) is 9.26. The van der Waals surface area contributed by atoms with E-state index < -0.39 is 0 Å². The number of benzene rings is 1. The van der Waals surface area contributed by atoms with E-state index in [-0.39, 0.29) is 0 Å². The van der Waals surface area contributed by atoms with Crippen LogP contribution in [-0.4, -0.2) is 25.4 Å². The molecule has 68 valence electrons. The number of hydrogen-bond donors (Lipinski definition) is 1. The SMILES string of the molecule is S=C1NCC(c2ccc(Cl)cc2)[Se]1. The van der Waals surface area contributed by atoms with E-state index in [2.05, 4.69) is 17.4 Å². The topological polar surface area (TPSA) is 12.0 Å². The van der Waals surface area contributed by atoms with Crippen molar-refractivity contribution in [1.29, 1.82) is 0 Å². The molecule has 1 aromatic rings. The Morgan fingerprint density at radius 3 is 2.62 bits per heavy atom. The predicted octanol–water partition coefficient (Wildman–Crippen LogP) is 1.97. The van der Waals surface area contributed by atoms with Crippen molar-refractivity contribution in [3.63, 3.8) is 0 Å². The van der Waals surface area contributed by atoms with Crippen molar-refractivity contribution >= 4 is 42.7 Å². The van der Waals surface area contributed by atoms with Gasteiger partial charge >= 0.3 is 94.2 Å². The van der Waals surface area contributed by atoms with E-state index in [1.165, 1.54) is 5.56 Å². The number of thiocarbonyl (C=S) groups is 1. The molecule has 0 saturated carbocycles. The van der Waals surface area contributed by atoms with Crippen molar-refractivity contribution in [2.24, 2.45) is 0 Å². The first kappa shape index (κ1) is 9.47. The number of hydrogen-bond acceptors (Lipinski definition) is 1. The zero-order valence-electron chi connectivity index (χ0n) is 6.79. The molecule has 2 rings (SSSR count). The summed E-state index contributed by atoms with van der Waals surface area (Å²) in [6.07, 6.45) is 0. The summed E-state index contributed by atoms with van der Waals surface area (Å²) in [6, 6.07) is 8.05. The molecular formula is C9H8ClNSSe. The van der Waals surface area contributed by atoms with Crippen LogP contribution < -0.4 is 5.32 Å². The van der Waals surface area contributed by atoms with Crippen LogP contribution >= 0.6 is 23.8 Å². The summed E-state index contributed by atoms with van der Waals surface area (Å²) in [5, 5.41) is 4.01. The standard InChI is InChI=1S/C9H8ClNSSe/c10-7-3-1-6(2-4-7)8-5-11-9(12)13-8/h1-4,8H,5H2,(H,11,12). The second-order valence-corrected chi connectivity index (χ2v) is 6.80. The Labute approximate surface area is 94.0 Å². The molecule has 13 heavy (non-hydrogen) atoms. The molecule has 0 aliphatic carbocycles. The molecule has 1 aromatic carbocycles. The van der Waals surface area contributed by atoms with Crippen LogP contribution in [0.1, 0.15) is 10.4 Å². The summed E-state index contributed by atoms with van der Waals surface area (Å²) in [7, 11) is 0. The molecule has 1 unspecified atom stereocenters. The van der Waals surface area contributed by atoms with Crippen LogP contribution in [0, 0.1) is 0 Å². The molecular weight excluding hydrogens is 269 g/mol. The van der Waals surface area contributed by atoms with Gasteiger partial charge in [-0.3, -0.25) is 0 Å². The van der Waals surface area contributed by atoms with Crippen LogP contribution in [0.4, 0.5) is 0 Å². The fourth-order valence-electron chi connectivity index (χ4n) is 1.25. The second-order valence-electron chi connectivity index (χ2n) is 2.83. The van der Waals surface area contributed by atoms with E-state index in [4.69, 9.17) is 23.8 Å². The summed E-state index contributed by atoms with van der Waals surface area (Å²) in [6.45, 7) is 0.987. The summed E-state index contributed by atoms with van der Waals surface area (Å²) in [5.74, 6) is 0. The number of nitrogens with one attached hydrogen (secondary N) is 1. The van der Waals surface area contributed by atoms with Gasteiger partial charge in [0.25, 0.3) is 0 Å². The van der Waals surface area contributed by atoms with Crippen molar-refractivity contribution in [1.82, 2.24) is 5.32 Å². The Morgan fingerprint density at radius 2 is 2.08 bits per heavy atom. The van der Waals surface area contributed by atoms with Gasteiger partial charge in [-0.15, -0.1) is 0 Å². The normalized spacial score (nSPS) is 21.6. The maximum absolute atomic E-state index is 5.81. The molecule has 1 N–H and O–H groups in total. The second kappa shape index (κ2) is 3.97. The van der Waals surface area contributed by atoms with Crippen LogP contribution in [-0.2, 0) is 0 Å². The van der Waals surface area contributed by atoms with Crippen molar-refractivity contribution in [3.8, 4) is 0 Å². The third-order valence-electron chi connectivity index (χ3n) is 1.92. The molecule has 0 bridgehead atoms. The van der Waals surface area contributed by atoms with E-state index in [0.29, 0.717) is 19.8 Å². The minimum absolute atomic E-state index is 0.420. The van der Waals surface area contributed by atoms with Gasteiger partial charge < -0.3 is 0 Å². The fraction of sp³-hybridized carbons (Fsp3) is 0.222. The van der Waals surface area contributed by atoms with E-state index >= 15 is 0 Å². The summed E-state index contributed by atoms with van der Waals surface area (Å²) in [5.41, 5.74) is 1.34. The third kappa shape index (κ3) is 2.23. The quantitative estimate of drug-likeness (QED) is 0.622. The van der Waals surface area contributed by atoms with Crippen LogP contribution in [0.5, 0.6) is 0 Å². The Hall–Kier alpha value is -0.0805. The molecule has 0 aromatic heterocycles. The first-order valence-electron chi connectivity index (χ1n) is 3.95. The Kier molecular flexibility index (Phi) is 2.89. The van der Waals surface area contributed by atoms with Gasteiger partial charge in [0.1, 0.15) is 0 Å². The van der Waals surface area contributed by atoms with Gasteiger partial charge in [0.05, 0.1) is 0 Å². The first-order valence-corrected chi connectivity index (χ1v) is 6.59. The molecule has 1 aliphatic heterocycles. The Morgan fingerprint density at radius 1 is 1.38 bits per heavy atom. The Balaban J connectivity index is 2.17. The number of halogens is 1. The molecule has 0 radical (unpaired) electrons. The van der Waals surface area contributed by atoms with E-state index in [1.807, 2.05) is 12.1 Å². The van der Waals surface area contributed by atoms with Gasteiger partial charge in [-0.05, 0) is 0 Å². The van der Waals surface area contributed by atoms with E-state index in [9.17, 15) is 0 Å². The van der Waals surface area contributed by atoms with Gasteiger partial charge in [0, 0.05) is 0 Å². The van der Waals surface area contributed by atoms with E-state index in [1.54, 1.807) is 0 Å². The summed E-state index contributed by atoms with van der Waals surface area (Å²) < 4.78 is 1.03. The maximum atomic E-state index is 5.81. The first-order chi connectivity index (χ1) is 6.25. The van der Waals surface area contributed by atoms with Crippen LogP contribution in [0.15, 0.2) is 24.3 Å². The molecule has 1 heterocycles. The molecule has 1 fully saturated rings. The van der Waals surface area contributed by atoms with Crippen molar-refractivity contribution in [3.05, 3.63) is 34.9 Å². The molecule has 0 spiro atoms. The molecule has 4 heteroatoms. The fourth-order valence-corrected chi connectivity index (χ4v) is 3.92. The van der Waals surface area contributed by atoms with Crippen LogP contribution in [0.25, 0.3) is 0 Å². The van der Waals surface area contributed by atoms with Crippen molar-refractivity contribution < 1.29 is 0 Å². The van der Waals surface area contributed by atoms with Crippen LogP contribution in [0.2, 0.25) is 5.02 Å². The number of rotatable bonds is 1. The van der Waals surface area contributed by atoms with Gasteiger partial charge in [0.2, 0.25) is 0 Å². The summed E-state index contributed by atoms with van der Waals surface area (Å²) >= 11 is 11.3. The zero-order valence-corrected chi connectivity index (χ0v) is 10.1. The van der Waals surface area contributed by atoms with E-state index in [0.717, 1.165) is 15.5 Å². The third-order valence-corrected chi connectivity index (χ3v) is 5.09. The van der Waals surface area contributed by atoms with Crippen molar-refractivity contribution in [2.75, 3.05) is 6.54 Å².